The summed E-state index contributed by atoms with van der Waals surface area (Å²) in [6, 6.07) is 35.3. The fourth-order valence-corrected chi connectivity index (χ4v) is 11.1. The number of hydrogen-bond donors (Lipinski definition) is 0. The van der Waals surface area contributed by atoms with E-state index in [4.69, 9.17) is 9.47 Å². The van der Waals surface area contributed by atoms with Gasteiger partial charge in [-0.2, -0.15) is 0 Å². The van der Waals surface area contributed by atoms with E-state index < -0.39 is 0 Å². The third-order valence-corrected chi connectivity index (χ3v) is 15.9. The van der Waals surface area contributed by atoms with E-state index in [9.17, 15) is 0 Å². The second-order valence-corrected chi connectivity index (χ2v) is 22.4. The maximum atomic E-state index is 6.00. The molecular formula is C66H104O2S2. The Morgan fingerprint density at radius 3 is 1.00 bits per heavy atom. The minimum atomic E-state index is 0.833. The number of hydrogen-bond acceptors (Lipinski definition) is 4. The van der Waals surface area contributed by atoms with Crippen LogP contribution in [0.1, 0.15) is 246 Å². The first-order chi connectivity index (χ1) is 34.7. The van der Waals surface area contributed by atoms with Gasteiger partial charge in [-0.15, -0.1) is 23.5 Å². The van der Waals surface area contributed by atoms with Crippen molar-refractivity contribution in [2.75, 3.05) is 24.7 Å². The average molecular weight is 994 g/mol. The minimum Gasteiger partial charge on any atom is -0.494 e. The van der Waals surface area contributed by atoms with Crippen LogP contribution in [0.5, 0.6) is 11.5 Å². The third-order valence-electron chi connectivity index (χ3n) is 13.6. The summed E-state index contributed by atoms with van der Waals surface area (Å²) in [5, 5.41) is 0. The Balaban J connectivity index is 0.000000371. The molecular weight excluding hydrogens is 889 g/mol. The molecule has 4 rings (SSSR count). The molecule has 0 aliphatic heterocycles. The van der Waals surface area contributed by atoms with Crippen molar-refractivity contribution < 1.29 is 9.47 Å². The molecule has 0 aromatic heterocycles. The van der Waals surface area contributed by atoms with Gasteiger partial charge in [0.25, 0.3) is 0 Å². The monoisotopic (exact) mass is 993 g/mol. The van der Waals surface area contributed by atoms with Gasteiger partial charge in [0.15, 0.2) is 0 Å². The van der Waals surface area contributed by atoms with E-state index in [0.29, 0.717) is 0 Å². The first-order valence-electron chi connectivity index (χ1n) is 29.6. The van der Waals surface area contributed by atoms with Crippen molar-refractivity contribution in [2.45, 2.75) is 256 Å². The molecule has 0 spiro atoms. The predicted molar refractivity (Wildman–Crippen MR) is 316 cm³/mol. The van der Waals surface area contributed by atoms with E-state index in [2.05, 4.69) is 125 Å². The lowest BCUT2D eigenvalue weighted by molar-refractivity contribution is 0.304. The largest absolute Gasteiger partial charge is 0.494 e. The molecule has 0 heterocycles. The van der Waals surface area contributed by atoms with Crippen molar-refractivity contribution in [3.63, 3.8) is 0 Å². The summed E-state index contributed by atoms with van der Waals surface area (Å²) in [5.74, 6) is 4.44. The van der Waals surface area contributed by atoms with E-state index in [0.717, 1.165) is 37.6 Å². The molecule has 4 aromatic rings. The summed E-state index contributed by atoms with van der Waals surface area (Å²) in [5.41, 5.74) is 5.19. The van der Waals surface area contributed by atoms with Crippen molar-refractivity contribution in [3.05, 3.63) is 97.1 Å². The molecule has 0 atom stereocenters. The standard InChI is InChI=1S/C34H54OS.C32H50OS/c1-3-5-7-9-11-13-14-16-18-20-30-36-34-27-23-32(24-28-34)31-21-25-33(26-22-31)35-29-19-17-15-12-10-8-6-4-2;1-3-5-7-9-11-13-15-19-27-33-30-25-23-29(24-26-30)31-21-17-18-22-32(31)34-28-20-16-14-12-10-8-6-4-2/h21-28H,3-20,29-30H2,1-2H3;17-18,21-26H,3-16,19-20,27-28H2,1-2H3. The van der Waals surface area contributed by atoms with E-state index >= 15 is 0 Å². The normalized spacial score (nSPS) is 11.1. The molecule has 0 fully saturated rings. The highest BCUT2D eigenvalue weighted by Gasteiger charge is 2.07. The summed E-state index contributed by atoms with van der Waals surface area (Å²) >= 11 is 4.02. The van der Waals surface area contributed by atoms with Crippen LogP contribution in [0, 0.1) is 0 Å². The second kappa shape index (κ2) is 44.8. The van der Waals surface area contributed by atoms with Gasteiger partial charge < -0.3 is 9.47 Å². The Hall–Kier alpha value is -2.82. The van der Waals surface area contributed by atoms with Crippen LogP contribution in [0.2, 0.25) is 0 Å². The van der Waals surface area contributed by atoms with Gasteiger partial charge in [-0.3, -0.25) is 0 Å². The molecule has 4 aromatic carbocycles. The average Bonchev–Trinajstić information content (AvgIpc) is 3.39. The van der Waals surface area contributed by atoms with Gasteiger partial charge in [-0.1, -0.05) is 275 Å². The molecule has 392 valence electrons. The smallest absolute Gasteiger partial charge is 0.119 e. The second-order valence-electron chi connectivity index (χ2n) is 20.1. The summed E-state index contributed by atoms with van der Waals surface area (Å²) < 4.78 is 12.0. The summed E-state index contributed by atoms with van der Waals surface area (Å²) in [4.78, 5) is 2.79. The Kier molecular flexibility index (Phi) is 39.4. The molecule has 70 heavy (non-hydrogen) atoms. The summed E-state index contributed by atoms with van der Waals surface area (Å²) in [6.07, 6.45) is 46.5. The zero-order valence-corrected chi connectivity index (χ0v) is 47.4. The van der Waals surface area contributed by atoms with Gasteiger partial charge in [-0.05, 0) is 102 Å². The van der Waals surface area contributed by atoms with Crippen LogP contribution in [0.15, 0.2) is 107 Å². The summed E-state index contributed by atoms with van der Waals surface area (Å²) in [6.45, 7) is 10.8. The fourth-order valence-electron chi connectivity index (χ4n) is 9.10. The van der Waals surface area contributed by atoms with E-state index in [1.807, 2.05) is 23.5 Å². The van der Waals surface area contributed by atoms with Crippen molar-refractivity contribution in [3.8, 4) is 33.8 Å². The maximum Gasteiger partial charge on any atom is 0.119 e. The van der Waals surface area contributed by atoms with Crippen molar-refractivity contribution in [1.29, 1.82) is 0 Å². The number of ether oxygens (including phenoxy) is 2. The molecule has 0 amide bonds. The number of unbranched alkanes of at least 4 members (excludes halogenated alkanes) is 30. The van der Waals surface area contributed by atoms with Crippen LogP contribution < -0.4 is 9.47 Å². The molecule has 0 saturated heterocycles. The molecule has 0 aliphatic rings. The quantitative estimate of drug-likeness (QED) is 0.0325. The lowest BCUT2D eigenvalue weighted by atomic mass is 10.1. The summed E-state index contributed by atoms with van der Waals surface area (Å²) in [7, 11) is 0. The van der Waals surface area contributed by atoms with Crippen LogP contribution >= 0.6 is 23.5 Å². The van der Waals surface area contributed by atoms with Gasteiger partial charge in [-0.25, -0.2) is 0 Å². The van der Waals surface area contributed by atoms with Gasteiger partial charge in [0.2, 0.25) is 0 Å². The zero-order chi connectivity index (χ0) is 49.6. The molecule has 0 unspecified atom stereocenters. The Labute approximate surface area is 441 Å². The zero-order valence-electron chi connectivity index (χ0n) is 45.7. The predicted octanol–water partition coefficient (Wildman–Crippen LogP) is 23.0. The lowest BCUT2D eigenvalue weighted by Crippen LogP contribution is -1.97. The molecule has 2 nitrogen and oxygen atoms in total. The van der Waals surface area contributed by atoms with E-state index in [-0.39, 0.29) is 0 Å². The lowest BCUT2D eigenvalue weighted by Gasteiger charge is -2.11. The third kappa shape index (κ3) is 31.6. The number of benzene rings is 4. The SMILES string of the molecule is CCCCCCCCCCCCSc1ccc(-c2ccc(OCCCCCCCCCC)cc2)cc1.CCCCCCCCCCOc1ccc(-c2ccccc2SCCCCCCCCCC)cc1. The number of thioether (sulfide) groups is 2. The van der Waals surface area contributed by atoms with Crippen LogP contribution in [0.25, 0.3) is 22.3 Å². The van der Waals surface area contributed by atoms with E-state index in [1.54, 1.807) is 0 Å². The fraction of sp³-hybridized carbons (Fsp3) is 0.636. The van der Waals surface area contributed by atoms with Crippen LogP contribution in [-0.4, -0.2) is 24.7 Å². The highest BCUT2D eigenvalue weighted by molar-refractivity contribution is 7.99. The van der Waals surface area contributed by atoms with Crippen LogP contribution in [0.3, 0.4) is 0 Å². The van der Waals surface area contributed by atoms with E-state index in [1.165, 1.54) is 249 Å². The molecule has 0 saturated carbocycles. The van der Waals surface area contributed by atoms with Gasteiger partial charge >= 0.3 is 0 Å². The molecule has 0 aliphatic carbocycles. The van der Waals surface area contributed by atoms with Crippen molar-refractivity contribution in [2.24, 2.45) is 0 Å². The van der Waals surface area contributed by atoms with Gasteiger partial charge in [0.05, 0.1) is 13.2 Å². The van der Waals surface area contributed by atoms with Crippen molar-refractivity contribution in [1.82, 2.24) is 0 Å². The van der Waals surface area contributed by atoms with Gasteiger partial charge in [0, 0.05) is 9.79 Å². The Morgan fingerprint density at radius 2 is 0.600 bits per heavy atom. The number of rotatable bonds is 44. The molecule has 0 radical (unpaired) electrons. The first-order valence-corrected chi connectivity index (χ1v) is 31.6. The Bertz CT molecular complexity index is 1720. The molecule has 4 heteroatoms. The van der Waals surface area contributed by atoms with Crippen LogP contribution in [-0.2, 0) is 0 Å². The highest BCUT2D eigenvalue weighted by Crippen LogP contribution is 2.33. The highest BCUT2D eigenvalue weighted by atomic mass is 32.2. The van der Waals surface area contributed by atoms with Crippen molar-refractivity contribution >= 4 is 23.5 Å². The Morgan fingerprint density at radius 1 is 0.286 bits per heavy atom. The molecule has 0 N–H and O–H groups in total. The maximum absolute atomic E-state index is 6.00. The minimum absolute atomic E-state index is 0.833. The topological polar surface area (TPSA) is 18.5 Å². The van der Waals surface area contributed by atoms with Crippen LogP contribution in [0.4, 0.5) is 0 Å². The van der Waals surface area contributed by atoms with Gasteiger partial charge in [0.1, 0.15) is 11.5 Å². The molecule has 0 bridgehead atoms. The first kappa shape index (κ1) is 61.5.